The molecule has 2 aliphatic rings. The highest BCUT2D eigenvalue weighted by molar-refractivity contribution is 5.12. The highest BCUT2D eigenvalue weighted by Gasteiger charge is 2.35. The molecule has 2 heteroatoms. The molecular weight excluding hydrogens is 198 g/mol. The second kappa shape index (κ2) is 4.10. The van der Waals surface area contributed by atoms with Gasteiger partial charge >= 0.3 is 0 Å². The van der Waals surface area contributed by atoms with Crippen LogP contribution in [0.2, 0.25) is 0 Å². The van der Waals surface area contributed by atoms with Crippen molar-refractivity contribution in [2.45, 2.75) is 25.8 Å². The molecule has 2 bridgehead atoms. The Labute approximate surface area is 96.7 Å². The van der Waals surface area contributed by atoms with Crippen molar-refractivity contribution < 1.29 is 4.42 Å². The molecule has 1 heterocycles. The molecular formula is C14H19NO. The molecule has 16 heavy (non-hydrogen) atoms. The Morgan fingerprint density at radius 2 is 2.38 bits per heavy atom. The van der Waals surface area contributed by atoms with Crippen LogP contribution < -0.4 is 5.32 Å². The van der Waals surface area contributed by atoms with Crippen LogP contribution in [-0.4, -0.2) is 6.54 Å². The molecule has 0 aliphatic heterocycles. The van der Waals surface area contributed by atoms with E-state index in [0.29, 0.717) is 6.04 Å². The molecule has 1 aromatic rings. The number of fused-ring (bicyclic) bond motifs is 2. The van der Waals surface area contributed by atoms with Gasteiger partial charge in [0.1, 0.15) is 0 Å². The first kappa shape index (κ1) is 10.2. The zero-order chi connectivity index (χ0) is 11.0. The van der Waals surface area contributed by atoms with Gasteiger partial charge in [0.05, 0.1) is 12.5 Å². The predicted octanol–water partition coefficient (Wildman–Crippen LogP) is 3.14. The lowest BCUT2D eigenvalue weighted by Gasteiger charge is -2.21. The maximum atomic E-state index is 5.11. The summed E-state index contributed by atoms with van der Waals surface area (Å²) in [7, 11) is 0. The molecule has 1 saturated carbocycles. The summed E-state index contributed by atoms with van der Waals surface area (Å²) < 4.78 is 5.11. The molecule has 86 valence electrons. The van der Waals surface area contributed by atoms with E-state index in [1.807, 2.05) is 12.3 Å². The zero-order valence-electron chi connectivity index (χ0n) is 9.73. The van der Waals surface area contributed by atoms with E-state index in [4.69, 9.17) is 4.42 Å². The summed E-state index contributed by atoms with van der Waals surface area (Å²) >= 11 is 0. The van der Waals surface area contributed by atoms with Crippen LogP contribution in [0.5, 0.6) is 0 Å². The lowest BCUT2D eigenvalue weighted by Crippen LogP contribution is -2.27. The van der Waals surface area contributed by atoms with E-state index in [1.165, 1.54) is 18.4 Å². The summed E-state index contributed by atoms with van der Waals surface area (Å²) in [6.45, 7) is 3.34. The molecule has 2 aliphatic carbocycles. The molecule has 0 spiro atoms. The number of hydrogen-bond donors (Lipinski definition) is 1. The Morgan fingerprint density at radius 3 is 3.00 bits per heavy atom. The van der Waals surface area contributed by atoms with Crippen molar-refractivity contribution in [2.75, 3.05) is 6.54 Å². The van der Waals surface area contributed by atoms with Crippen LogP contribution in [-0.2, 0) is 0 Å². The van der Waals surface area contributed by atoms with Crippen LogP contribution in [0, 0.1) is 17.8 Å². The summed E-state index contributed by atoms with van der Waals surface area (Å²) in [5.41, 5.74) is 1.25. The molecule has 0 radical (unpaired) electrons. The molecule has 0 saturated heterocycles. The van der Waals surface area contributed by atoms with Gasteiger partial charge in [-0.05, 0) is 50.1 Å². The smallest absolute Gasteiger partial charge is 0.0950 e. The summed E-state index contributed by atoms with van der Waals surface area (Å²) in [5, 5.41) is 3.62. The maximum Gasteiger partial charge on any atom is 0.0950 e. The van der Waals surface area contributed by atoms with Crippen molar-refractivity contribution in [3.05, 3.63) is 36.3 Å². The average Bonchev–Trinajstić information content (AvgIpc) is 3.01. The third-order valence-electron chi connectivity index (χ3n) is 4.15. The van der Waals surface area contributed by atoms with Gasteiger partial charge in [0.15, 0.2) is 0 Å². The molecule has 4 atom stereocenters. The molecule has 0 amide bonds. The highest BCUT2D eigenvalue weighted by Crippen LogP contribution is 2.43. The van der Waals surface area contributed by atoms with Gasteiger partial charge in [-0.15, -0.1) is 0 Å². The van der Waals surface area contributed by atoms with Gasteiger partial charge in [-0.2, -0.15) is 0 Å². The van der Waals surface area contributed by atoms with Crippen LogP contribution in [0.15, 0.2) is 35.2 Å². The highest BCUT2D eigenvalue weighted by atomic mass is 16.3. The number of allylic oxidation sites excluding steroid dienone is 2. The van der Waals surface area contributed by atoms with E-state index in [2.05, 4.69) is 24.4 Å². The minimum Gasteiger partial charge on any atom is -0.472 e. The van der Waals surface area contributed by atoms with E-state index in [0.717, 1.165) is 24.3 Å². The van der Waals surface area contributed by atoms with Crippen LogP contribution in [0.3, 0.4) is 0 Å². The predicted molar refractivity (Wildman–Crippen MR) is 64.0 cm³/mol. The van der Waals surface area contributed by atoms with E-state index >= 15 is 0 Å². The molecule has 2 nitrogen and oxygen atoms in total. The van der Waals surface area contributed by atoms with Crippen molar-refractivity contribution >= 4 is 0 Å². The van der Waals surface area contributed by atoms with Crippen LogP contribution >= 0.6 is 0 Å². The van der Waals surface area contributed by atoms with Gasteiger partial charge < -0.3 is 9.73 Å². The van der Waals surface area contributed by atoms with Gasteiger partial charge in [-0.25, -0.2) is 0 Å². The lowest BCUT2D eigenvalue weighted by molar-refractivity contribution is 0.392. The first-order valence-electron chi connectivity index (χ1n) is 6.26. The van der Waals surface area contributed by atoms with Crippen molar-refractivity contribution in [1.29, 1.82) is 0 Å². The van der Waals surface area contributed by atoms with Gasteiger partial charge in [-0.3, -0.25) is 0 Å². The zero-order valence-corrected chi connectivity index (χ0v) is 9.73. The van der Waals surface area contributed by atoms with Gasteiger partial charge in [-0.1, -0.05) is 12.2 Å². The minimum absolute atomic E-state index is 0.404. The minimum atomic E-state index is 0.404. The second-order valence-electron chi connectivity index (χ2n) is 5.23. The summed E-state index contributed by atoms with van der Waals surface area (Å²) in [6, 6.07) is 2.44. The SMILES string of the molecule is CC(NCC1CC2C=CC1C2)c1ccoc1. The first-order chi connectivity index (χ1) is 7.83. The number of rotatable bonds is 4. The van der Waals surface area contributed by atoms with Gasteiger partial charge in [0, 0.05) is 11.6 Å². The molecule has 1 N–H and O–H groups in total. The fraction of sp³-hybridized carbons (Fsp3) is 0.571. The van der Waals surface area contributed by atoms with Crippen molar-refractivity contribution in [2.24, 2.45) is 17.8 Å². The van der Waals surface area contributed by atoms with E-state index in [-0.39, 0.29) is 0 Å². The Hall–Kier alpha value is -1.02. The lowest BCUT2D eigenvalue weighted by atomic mass is 9.93. The average molecular weight is 217 g/mol. The Bertz CT molecular complexity index is 368. The van der Waals surface area contributed by atoms with E-state index in [9.17, 15) is 0 Å². The van der Waals surface area contributed by atoms with E-state index in [1.54, 1.807) is 6.26 Å². The summed E-state index contributed by atoms with van der Waals surface area (Å²) in [6.07, 6.45) is 11.2. The Morgan fingerprint density at radius 1 is 1.44 bits per heavy atom. The fourth-order valence-corrected chi connectivity index (χ4v) is 3.10. The normalized spacial score (nSPS) is 33.4. The van der Waals surface area contributed by atoms with E-state index < -0.39 is 0 Å². The maximum absolute atomic E-state index is 5.11. The number of furan rings is 1. The van der Waals surface area contributed by atoms with Gasteiger partial charge in [0.25, 0.3) is 0 Å². The second-order valence-corrected chi connectivity index (χ2v) is 5.23. The quantitative estimate of drug-likeness (QED) is 0.784. The first-order valence-corrected chi connectivity index (χ1v) is 6.26. The summed E-state index contributed by atoms with van der Waals surface area (Å²) in [4.78, 5) is 0. The van der Waals surface area contributed by atoms with Gasteiger partial charge in [0.2, 0.25) is 0 Å². The van der Waals surface area contributed by atoms with Crippen LogP contribution in [0.4, 0.5) is 0 Å². The molecule has 0 aromatic carbocycles. The van der Waals surface area contributed by atoms with Crippen molar-refractivity contribution in [1.82, 2.24) is 5.32 Å². The van der Waals surface area contributed by atoms with Crippen LogP contribution in [0.1, 0.15) is 31.4 Å². The van der Waals surface area contributed by atoms with Crippen molar-refractivity contribution in [3.63, 3.8) is 0 Å². The third kappa shape index (κ3) is 1.82. The van der Waals surface area contributed by atoms with Crippen molar-refractivity contribution in [3.8, 4) is 0 Å². The molecule has 4 unspecified atom stereocenters. The number of hydrogen-bond acceptors (Lipinski definition) is 2. The molecule has 1 aromatic heterocycles. The topological polar surface area (TPSA) is 25.2 Å². The largest absolute Gasteiger partial charge is 0.472 e. The molecule has 3 rings (SSSR count). The standard InChI is InChI=1S/C14H19NO/c1-10(13-4-5-16-9-13)15-8-14-7-11-2-3-12(14)6-11/h2-5,9-12,14-15H,6-8H2,1H3. The monoisotopic (exact) mass is 217 g/mol. The number of nitrogens with one attached hydrogen (secondary N) is 1. The Balaban J connectivity index is 1.52. The fourth-order valence-electron chi connectivity index (χ4n) is 3.10. The molecule has 1 fully saturated rings. The Kier molecular flexibility index (Phi) is 2.60. The summed E-state index contributed by atoms with van der Waals surface area (Å²) in [5.74, 6) is 2.57. The third-order valence-corrected chi connectivity index (χ3v) is 4.15. The van der Waals surface area contributed by atoms with Crippen LogP contribution in [0.25, 0.3) is 0 Å².